The predicted molar refractivity (Wildman–Crippen MR) is 154 cm³/mol. The van der Waals surface area contributed by atoms with Gasteiger partial charge in [-0.15, -0.1) is 0 Å². The smallest absolute Gasteiger partial charge is 0.333 e. The van der Waals surface area contributed by atoms with Crippen molar-refractivity contribution in [3.63, 3.8) is 0 Å². The van der Waals surface area contributed by atoms with Crippen LogP contribution in [0.25, 0.3) is 5.57 Å². The lowest BCUT2D eigenvalue weighted by Crippen LogP contribution is -2.45. The molecular weight excluding hydrogens is 506 g/mol. The van der Waals surface area contributed by atoms with Crippen molar-refractivity contribution in [1.82, 2.24) is 14.9 Å². The van der Waals surface area contributed by atoms with Gasteiger partial charge in [0, 0.05) is 12.1 Å². The Balaban J connectivity index is 1.78. The van der Waals surface area contributed by atoms with Gasteiger partial charge in [-0.25, -0.2) is 9.78 Å². The molecule has 0 saturated carbocycles. The third kappa shape index (κ3) is 9.02. The summed E-state index contributed by atoms with van der Waals surface area (Å²) in [6.45, 7) is 9.93. The lowest BCUT2D eigenvalue weighted by atomic mass is 10.1. The number of nitrogens with zero attached hydrogens (tertiary/aromatic N) is 2. The standard InChI is InChI=1S/C32H39N3O5/c1-22(2)18-40-32(38)30(26-14-10-7-11-15-26)35-17-27(33-21-35)24(5)16-29(36)28(34-31(37)23(3)4)20-39-19-25-12-8-6-9-13-25/h6-17,21-23,28,30H,18-20H2,1-5H3,(H,34,37)/t28-,30?/m1/s1. The molecule has 2 atom stereocenters. The molecule has 0 saturated heterocycles. The summed E-state index contributed by atoms with van der Waals surface area (Å²) in [6, 6.07) is 17.4. The summed E-state index contributed by atoms with van der Waals surface area (Å²) >= 11 is 0. The van der Waals surface area contributed by atoms with Crippen LogP contribution in [-0.4, -0.2) is 46.5 Å². The van der Waals surface area contributed by atoms with Crippen molar-refractivity contribution in [3.05, 3.63) is 96.1 Å². The first kappa shape index (κ1) is 30.5. The number of benzene rings is 2. The van der Waals surface area contributed by atoms with E-state index in [0.717, 1.165) is 11.1 Å². The average molecular weight is 546 g/mol. The number of esters is 1. The molecule has 1 heterocycles. The van der Waals surface area contributed by atoms with E-state index in [1.165, 1.54) is 6.08 Å². The van der Waals surface area contributed by atoms with Crippen molar-refractivity contribution in [2.45, 2.75) is 53.3 Å². The zero-order valence-electron chi connectivity index (χ0n) is 23.9. The fourth-order valence-electron chi connectivity index (χ4n) is 3.86. The van der Waals surface area contributed by atoms with Crippen molar-refractivity contribution in [2.75, 3.05) is 13.2 Å². The highest BCUT2D eigenvalue weighted by Gasteiger charge is 2.26. The summed E-state index contributed by atoms with van der Waals surface area (Å²) in [5, 5.41) is 2.80. The fraction of sp³-hybridized carbons (Fsp3) is 0.375. The van der Waals surface area contributed by atoms with Crippen molar-refractivity contribution in [3.8, 4) is 0 Å². The van der Waals surface area contributed by atoms with Crippen LogP contribution in [0.3, 0.4) is 0 Å². The molecular formula is C32H39N3O5. The van der Waals surface area contributed by atoms with Gasteiger partial charge in [-0.05, 0) is 35.6 Å². The predicted octanol–water partition coefficient (Wildman–Crippen LogP) is 5.00. The van der Waals surface area contributed by atoms with Gasteiger partial charge >= 0.3 is 5.97 Å². The number of hydrogen-bond acceptors (Lipinski definition) is 6. The van der Waals surface area contributed by atoms with E-state index < -0.39 is 12.1 Å². The van der Waals surface area contributed by atoms with E-state index in [4.69, 9.17) is 9.47 Å². The third-order valence-electron chi connectivity index (χ3n) is 6.14. The number of nitrogens with one attached hydrogen (secondary N) is 1. The number of carbonyl (C=O) groups is 3. The molecule has 0 bridgehead atoms. The van der Waals surface area contributed by atoms with Crippen LogP contribution >= 0.6 is 0 Å². The van der Waals surface area contributed by atoms with Crippen LogP contribution in [0.4, 0.5) is 0 Å². The lowest BCUT2D eigenvalue weighted by molar-refractivity contribution is -0.147. The number of hydrogen-bond donors (Lipinski definition) is 1. The van der Waals surface area contributed by atoms with Crippen LogP contribution < -0.4 is 5.32 Å². The molecule has 8 heteroatoms. The normalized spacial score (nSPS) is 13.2. The topological polar surface area (TPSA) is 99.5 Å². The molecule has 1 N–H and O–H groups in total. The Hall–Kier alpha value is -4.04. The maximum Gasteiger partial charge on any atom is 0.333 e. The Bertz CT molecular complexity index is 1280. The highest BCUT2D eigenvalue weighted by Crippen LogP contribution is 2.23. The number of aromatic nitrogens is 2. The summed E-state index contributed by atoms with van der Waals surface area (Å²) in [5.41, 5.74) is 2.87. The minimum absolute atomic E-state index is 0.0299. The van der Waals surface area contributed by atoms with Gasteiger partial charge in [-0.3, -0.25) is 9.59 Å². The van der Waals surface area contributed by atoms with Crippen LogP contribution in [0.5, 0.6) is 0 Å². The second kappa shape index (κ2) is 14.9. The van der Waals surface area contributed by atoms with Gasteiger partial charge in [-0.2, -0.15) is 0 Å². The van der Waals surface area contributed by atoms with E-state index >= 15 is 0 Å². The van der Waals surface area contributed by atoms with Gasteiger partial charge in [0.2, 0.25) is 5.91 Å². The first-order chi connectivity index (χ1) is 19.2. The Morgan fingerprint density at radius 2 is 1.60 bits per heavy atom. The number of amides is 1. The number of imidazole rings is 1. The average Bonchev–Trinajstić information content (AvgIpc) is 3.42. The Kier molecular flexibility index (Phi) is 11.4. The maximum absolute atomic E-state index is 13.3. The number of ketones is 1. The summed E-state index contributed by atoms with van der Waals surface area (Å²) in [4.78, 5) is 43.2. The van der Waals surface area contributed by atoms with Crippen LogP contribution in [0, 0.1) is 11.8 Å². The van der Waals surface area contributed by atoms with Gasteiger partial charge in [0.05, 0.1) is 31.8 Å². The molecule has 1 amide bonds. The van der Waals surface area contributed by atoms with Gasteiger partial charge in [-0.1, -0.05) is 88.4 Å². The summed E-state index contributed by atoms with van der Waals surface area (Å²) in [5.74, 6) is -0.993. The van der Waals surface area contributed by atoms with Crippen LogP contribution in [0.15, 0.2) is 79.3 Å². The maximum atomic E-state index is 13.3. The van der Waals surface area contributed by atoms with Crippen molar-refractivity contribution in [1.29, 1.82) is 0 Å². The van der Waals surface area contributed by atoms with E-state index in [-0.39, 0.29) is 36.1 Å². The van der Waals surface area contributed by atoms with E-state index in [1.807, 2.05) is 74.5 Å². The molecule has 0 radical (unpaired) electrons. The van der Waals surface area contributed by atoms with E-state index in [2.05, 4.69) is 10.3 Å². The van der Waals surface area contributed by atoms with Crippen LogP contribution in [0.2, 0.25) is 0 Å². The minimum Gasteiger partial charge on any atom is -0.464 e. The van der Waals surface area contributed by atoms with Gasteiger partial charge in [0.15, 0.2) is 11.8 Å². The molecule has 212 valence electrons. The van der Waals surface area contributed by atoms with Gasteiger partial charge < -0.3 is 19.4 Å². The van der Waals surface area contributed by atoms with Crippen molar-refractivity contribution >= 4 is 23.2 Å². The number of ether oxygens (including phenoxy) is 2. The molecule has 0 fully saturated rings. The molecule has 3 aromatic rings. The molecule has 1 aromatic heterocycles. The van der Waals surface area contributed by atoms with E-state index in [9.17, 15) is 14.4 Å². The molecule has 3 rings (SSSR count). The van der Waals surface area contributed by atoms with Crippen molar-refractivity contribution < 1.29 is 23.9 Å². The molecule has 40 heavy (non-hydrogen) atoms. The first-order valence-electron chi connectivity index (χ1n) is 13.5. The number of allylic oxidation sites excluding steroid dienone is 1. The zero-order chi connectivity index (χ0) is 29.1. The fourth-order valence-corrected chi connectivity index (χ4v) is 3.86. The Labute approximate surface area is 236 Å². The molecule has 0 aliphatic rings. The molecule has 0 aliphatic carbocycles. The van der Waals surface area contributed by atoms with E-state index in [1.54, 1.807) is 37.9 Å². The molecule has 0 spiro atoms. The van der Waals surface area contributed by atoms with Crippen LogP contribution in [0.1, 0.15) is 57.5 Å². The Morgan fingerprint density at radius 1 is 0.950 bits per heavy atom. The van der Waals surface area contributed by atoms with E-state index in [0.29, 0.717) is 24.5 Å². The Morgan fingerprint density at radius 3 is 2.23 bits per heavy atom. The first-order valence-corrected chi connectivity index (χ1v) is 13.5. The quantitative estimate of drug-likeness (QED) is 0.226. The molecule has 2 aromatic carbocycles. The second-order valence-electron chi connectivity index (χ2n) is 10.5. The zero-order valence-corrected chi connectivity index (χ0v) is 23.9. The monoisotopic (exact) mass is 545 g/mol. The SMILES string of the molecule is CC(=CC(=O)[C@@H](COCc1ccccc1)NC(=O)C(C)C)c1cn(C(C(=O)OCC(C)C)c2ccccc2)cn1. The van der Waals surface area contributed by atoms with Crippen molar-refractivity contribution in [2.24, 2.45) is 11.8 Å². The highest BCUT2D eigenvalue weighted by molar-refractivity contribution is 6.01. The van der Waals surface area contributed by atoms with Crippen LogP contribution in [-0.2, 0) is 30.5 Å². The number of rotatable bonds is 14. The largest absolute Gasteiger partial charge is 0.464 e. The summed E-state index contributed by atoms with van der Waals surface area (Å²) < 4.78 is 13.0. The van der Waals surface area contributed by atoms with Gasteiger partial charge in [0.25, 0.3) is 0 Å². The third-order valence-corrected chi connectivity index (χ3v) is 6.14. The molecule has 1 unspecified atom stereocenters. The number of carbonyl (C=O) groups excluding carboxylic acids is 3. The lowest BCUT2D eigenvalue weighted by Gasteiger charge is -2.19. The highest BCUT2D eigenvalue weighted by atomic mass is 16.5. The molecule has 8 nitrogen and oxygen atoms in total. The van der Waals surface area contributed by atoms with Gasteiger partial charge in [0.1, 0.15) is 6.04 Å². The summed E-state index contributed by atoms with van der Waals surface area (Å²) in [7, 11) is 0. The second-order valence-corrected chi connectivity index (χ2v) is 10.5. The summed E-state index contributed by atoms with van der Waals surface area (Å²) in [6.07, 6.45) is 4.74. The minimum atomic E-state index is -0.848. The molecule has 0 aliphatic heterocycles.